The normalized spacial score (nSPS) is 12.1. The molecule has 0 heterocycles. The number of hydrogen-bond donors (Lipinski definition) is 0. The van der Waals surface area contributed by atoms with Crippen LogP contribution in [-0.2, 0) is 18.8 Å². The molecule has 0 amide bonds. The van der Waals surface area contributed by atoms with E-state index in [2.05, 4.69) is 15.3 Å². The Hall–Kier alpha value is -0.550. The summed E-state index contributed by atoms with van der Waals surface area (Å²) in [6.07, 6.45) is 21.1. The minimum absolute atomic E-state index is 0.844. The minimum atomic E-state index is -3.83. The molecular formula is C18H36O4S. The zero-order valence-electron chi connectivity index (χ0n) is 15.1. The fourth-order valence-corrected chi connectivity index (χ4v) is 2.79. The third-order valence-corrected chi connectivity index (χ3v) is 4.70. The van der Waals surface area contributed by atoms with E-state index in [1.807, 2.05) is 0 Å². The first kappa shape index (κ1) is 22.4. The van der Waals surface area contributed by atoms with Crippen molar-refractivity contribution in [1.29, 1.82) is 0 Å². The number of allylic oxidation sites excluding steroid dienone is 1. The van der Waals surface area contributed by atoms with Gasteiger partial charge in [0.1, 0.15) is 6.26 Å². The van der Waals surface area contributed by atoms with Crippen molar-refractivity contribution in [3.05, 3.63) is 12.3 Å². The van der Waals surface area contributed by atoms with E-state index >= 15 is 0 Å². The number of unbranched alkanes of at least 4 members (excludes halogenated alkanes) is 13. The van der Waals surface area contributed by atoms with Crippen LogP contribution < -0.4 is 0 Å². The summed E-state index contributed by atoms with van der Waals surface area (Å²) in [5.74, 6) is 0. The predicted molar refractivity (Wildman–Crippen MR) is 96.5 cm³/mol. The molecule has 0 saturated heterocycles. The van der Waals surface area contributed by atoms with Crippen LogP contribution in [-0.4, -0.2) is 15.5 Å². The quantitative estimate of drug-likeness (QED) is 0.243. The van der Waals surface area contributed by atoms with Gasteiger partial charge in [-0.1, -0.05) is 84.0 Å². The van der Waals surface area contributed by atoms with Crippen LogP contribution in [0, 0.1) is 0 Å². The van der Waals surface area contributed by atoms with Crippen LogP contribution >= 0.6 is 0 Å². The summed E-state index contributed by atoms with van der Waals surface area (Å²) in [5, 5.41) is 0. The third-order valence-electron chi connectivity index (χ3n) is 3.95. The smallest absolute Gasteiger partial charge is 0.370 e. The molecule has 0 fully saturated rings. The monoisotopic (exact) mass is 348 g/mol. The molecular weight excluding hydrogens is 312 g/mol. The summed E-state index contributed by atoms with van der Waals surface area (Å²) in [7, 11) is -2.75. The highest BCUT2D eigenvalue weighted by atomic mass is 32.3. The molecule has 0 N–H and O–H groups in total. The maximum atomic E-state index is 10.9. The predicted octanol–water partition coefficient (Wildman–Crippen LogP) is 5.89. The minimum Gasteiger partial charge on any atom is -0.370 e. The number of hydrogen-bond acceptors (Lipinski definition) is 4. The average molecular weight is 349 g/mol. The molecule has 0 radical (unpaired) electrons. The van der Waals surface area contributed by atoms with Crippen molar-refractivity contribution in [1.82, 2.24) is 0 Å². The van der Waals surface area contributed by atoms with Crippen LogP contribution in [0.5, 0.6) is 0 Å². The molecule has 0 bridgehead atoms. The van der Waals surface area contributed by atoms with E-state index in [-0.39, 0.29) is 0 Å². The van der Waals surface area contributed by atoms with E-state index in [9.17, 15) is 8.42 Å². The summed E-state index contributed by atoms with van der Waals surface area (Å²) in [6.45, 7) is 2.26. The second-order valence-corrected chi connectivity index (χ2v) is 7.42. The van der Waals surface area contributed by atoms with Crippen molar-refractivity contribution < 1.29 is 16.8 Å². The van der Waals surface area contributed by atoms with E-state index in [4.69, 9.17) is 0 Å². The highest BCUT2D eigenvalue weighted by molar-refractivity contribution is 7.81. The summed E-state index contributed by atoms with van der Waals surface area (Å²) in [4.78, 5) is 0. The SMILES string of the molecule is CCCCCCCCCCCCCCCC=COS(=O)(=O)OC. The van der Waals surface area contributed by atoms with Crippen molar-refractivity contribution in [2.24, 2.45) is 0 Å². The summed E-state index contributed by atoms with van der Waals surface area (Å²) in [6, 6.07) is 0. The Balaban J connectivity index is 3.18. The summed E-state index contributed by atoms with van der Waals surface area (Å²) >= 11 is 0. The molecule has 0 atom stereocenters. The lowest BCUT2D eigenvalue weighted by atomic mass is 10.0. The van der Waals surface area contributed by atoms with Crippen molar-refractivity contribution >= 4 is 10.4 Å². The first-order valence-electron chi connectivity index (χ1n) is 9.26. The van der Waals surface area contributed by atoms with Gasteiger partial charge in [0, 0.05) is 0 Å². The molecule has 0 aliphatic carbocycles. The molecule has 23 heavy (non-hydrogen) atoms. The maximum Gasteiger partial charge on any atom is 0.448 e. The fraction of sp³-hybridized carbons (Fsp3) is 0.889. The Bertz CT molecular complexity index is 363. The Kier molecular flexibility index (Phi) is 15.9. The second kappa shape index (κ2) is 16.3. The van der Waals surface area contributed by atoms with Crippen molar-refractivity contribution in [3.8, 4) is 0 Å². The molecule has 138 valence electrons. The lowest BCUT2D eigenvalue weighted by molar-refractivity contribution is 0.308. The topological polar surface area (TPSA) is 52.6 Å². The van der Waals surface area contributed by atoms with Crippen molar-refractivity contribution in [2.75, 3.05) is 7.11 Å². The molecule has 4 nitrogen and oxygen atoms in total. The van der Waals surface area contributed by atoms with Gasteiger partial charge in [-0.3, -0.25) is 0 Å². The second-order valence-electron chi connectivity index (χ2n) is 6.07. The molecule has 0 aromatic rings. The van der Waals surface area contributed by atoms with Gasteiger partial charge in [0.25, 0.3) is 0 Å². The molecule has 0 aliphatic rings. The first-order valence-corrected chi connectivity index (χ1v) is 10.6. The molecule has 0 spiro atoms. The maximum absolute atomic E-state index is 10.9. The van der Waals surface area contributed by atoms with E-state index < -0.39 is 10.4 Å². The molecule has 0 rings (SSSR count). The van der Waals surface area contributed by atoms with Gasteiger partial charge in [0.15, 0.2) is 0 Å². The van der Waals surface area contributed by atoms with Crippen LogP contribution in [0.1, 0.15) is 96.8 Å². The van der Waals surface area contributed by atoms with Gasteiger partial charge in [-0.15, -0.1) is 0 Å². The van der Waals surface area contributed by atoms with Crippen LogP contribution in [0.15, 0.2) is 12.3 Å². The Labute approximate surface area is 144 Å². The van der Waals surface area contributed by atoms with Gasteiger partial charge in [-0.2, -0.15) is 8.42 Å². The fourth-order valence-electron chi connectivity index (χ4n) is 2.49. The number of rotatable bonds is 17. The van der Waals surface area contributed by atoms with Gasteiger partial charge in [0.05, 0.1) is 7.11 Å². The molecule has 0 saturated carbocycles. The van der Waals surface area contributed by atoms with Crippen molar-refractivity contribution in [2.45, 2.75) is 96.8 Å². The molecule has 0 unspecified atom stereocenters. The van der Waals surface area contributed by atoms with Gasteiger partial charge in [-0.05, 0) is 18.9 Å². The van der Waals surface area contributed by atoms with E-state index in [0.717, 1.165) is 20.0 Å². The van der Waals surface area contributed by atoms with Crippen LogP contribution in [0.25, 0.3) is 0 Å². The average Bonchev–Trinajstić information content (AvgIpc) is 2.54. The summed E-state index contributed by atoms with van der Waals surface area (Å²) < 4.78 is 30.3. The van der Waals surface area contributed by atoms with E-state index in [0.29, 0.717) is 0 Å². The lowest BCUT2D eigenvalue weighted by Crippen LogP contribution is -2.02. The van der Waals surface area contributed by atoms with Gasteiger partial charge in [-0.25, -0.2) is 4.18 Å². The van der Waals surface area contributed by atoms with E-state index in [1.54, 1.807) is 6.08 Å². The van der Waals surface area contributed by atoms with Gasteiger partial charge < -0.3 is 4.18 Å². The van der Waals surface area contributed by atoms with E-state index in [1.165, 1.54) is 83.3 Å². The zero-order valence-corrected chi connectivity index (χ0v) is 15.9. The van der Waals surface area contributed by atoms with Crippen molar-refractivity contribution in [3.63, 3.8) is 0 Å². The Morgan fingerprint density at radius 2 is 1.17 bits per heavy atom. The third kappa shape index (κ3) is 17.6. The van der Waals surface area contributed by atoms with Crippen LogP contribution in [0.3, 0.4) is 0 Å². The van der Waals surface area contributed by atoms with Gasteiger partial charge in [0.2, 0.25) is 0 Å². The molecule has 5 heteroatoms. The highest BCUT2D eigenvalue weighted by Gasteiger charge is 2.04. The Morgan fingerprint density at radius 1 is 0.739 bits per heavy atom. The Morgan fingerprint density at radius 3 is 1.61 bits per heavy atom. The molecule has 0 aromatic carbocycles. The molecule has 0 aromatic heterocycles. The highest BCUT2D eigenvalue weighted by Crippen LogP contribution is 2.13. The lowest BCUT2D eigenvalue weighted by Gasteiger charge is -2.02. The zero-order chi connectivity index (χ0) is 17.2. The largest absolute Gasteiger partial charge is 0.448 e. The molecule has 0 aliphatic heterocycles. The first-order chi connectivity index (χ1) is 11.1. The van der Waals surface area contributed by atoms with Gasteiger partial charge >= 0.3 is 10.4 Å². The summed E-state index contributed by atoms with van der Waals surface area (Å²) in [5.41, 5.74) is 0. The van der Waals surface area contributed by atoms with Crippen LogP contribution in [0.4, 0.5) is 0 Å². The van der Waals surface area contributed by atoms with Crippen LogP contribution in [0.2, 0.25) is 0 Å². The standard InChI is InChI=1S/C18H36O4S/c1-3-4-5-6-7-8-9-10-11-12-13-14-15-16-17-18-22-23(19,20)21-2/h17-18H,3-16H2,1-2H3.